The maximum Gasteiger partial charge on any atom is 0.225 e. The molecule has 1 atom stereocenters. The number of hydrogen-bond acceptors (Lipinski definition) is 4. The second kappa shape index (κ2) is 5.96. The molecular formula is C15H16FN3O. The summed E-state index contributed by atoms with van der Waals surface area (Å²) in [6, 6.07) is 8.46. The smallest absolute Gasteiger partial charge is 0.225 e. The van der Waals surface area contributed by atoms with Crippen LogP contribution in [0.2, 0.25) is 0 Å². The second-order valence-corrected chi connectivity index (χ2v) is 4.82. The van der Waals surface area contributed by atoms with E-state index in [0.717, 1.165) is 24.6 Å². The number of aromatic nitrogens is 2. The van der Waals surface area contributed by atoms with Gasteiger partial charge in [0.15, 0.2) is 0 Å². The fraction of sp³-hybridized carbons (Fsp3) is 0.333. The fourth-order valence-electron chi connectivity index (χ4n) is 2.41. The first-order valence-corrected chi connectivity index (χ1v) is 6.69. The van der Waals surface area contributed by atoms with Crippen molar-refractivity contribution in [1.29, 1.82) is 0 Å². The Labute approximate surface area is 117 Å². The van der Waals surface area contributed by atoms with Gasteiger partial charge >= 0.3 is 0 Å². The lowest BCUT2D eigenvalue weighted by atomic mass is 10.1. The SMILES string of the molecule is Fc1cccc(C[C@@H]2CN(c3ncccn3)CCO2)c1. The average molecular weight is 273 g/mol. The molecule has 1 fully saturated rings. The lowest BCUT2D eigenvalue weighted by Gasteiger charge is -2.33. The van der Waals surface area contributed by atoms with E-state index in [-0.39, 0.29) is 11.9 Å². The zero-order valence-corrected chi connectivity index (χ0v) is 11.1. The topological polar surface area (TPSA) is 38.2 Å². The third kappa shape index (κ3) is 3.11. The van der Waals surface area contributed by atoms with Crippen LogP contribution in [0, 0.1) is 5.82 Å². The molecule has 104 valence electrons. The minimum Gasteiger partial charge on any atom is -0.374 e. The monoisotopic (exact) mass is 273 g/mol. The second-order valence-electron chi connectivity index (χ2n) is 4.82. The van der Waals surface area contributed by atoms with Crippen molar-refractivity contribution in [3.05, 3.63) is 54.1 Å². The molecule has 1 aliphatic heterocycles. The number of ether oxygens (including phenoxy) is 1. The van der Waals surface area contributed by atoms with Gasteiger partial charge in [0, 0.05) is 31.9 Å². The molecule has 0 unspecified atom stereocenters. The quantitative estimate of drug-likeness (QED) is 0.858. The number of benzene rings is 1. The average Bonchev–Trinajstić information content (AvgIpc) is 2.48. The van der Waals surface area contributed by atoms with Crippen molar-refractivity contribution in [3.8, 4) is 0 Å². The van der Waals surface area contributed by atoms with Crippen LogP contribution in [0.4, 0.5) is 10.3 Å². The molecule has 1 saturated heterocycles. The van der Waals surface area contributed by atoms with Crippen molar-refractivity contribution in [1.82, 2.24) is 9.97 Å². The van der Waals surface area contributed by atoms with Crippen molar-refractivity contribution < 1.29 is 9.13 Å². The van der Waals surface area contributed by atoms with Gasteiger partial charge in [-0.25, -0.2) is 14.4 Å². The van der Waals surface area contributed by atoms with Crippen LogP contribution in [-0.2, 0) is 11.2 Å². The Bertz CT molecular complexity index is 564. The molecule has 4 nitrogen and oxygen atoms in total. The summed E-state index contributed by atoms with van der Waals surface area (Å²) in [7, 11) is 0. The van der Waals surface area contributed by atoms with E-state index in [9.17, 15) is 4.39 Å². The van der Waals surface area contributed by atoms with E-state index >= 15 is 0 Å². The molecule has 2 aromatic rings. The molecule has 0 aliphatic carbocycles. The van der Waals surface area contributed by atoms with E-state index in [2.05, 4.69) is 14.9 Å². The third-order valence-electron chi connectivity index (χ3n) is 3.33. The Balaban J connectivity index is 1.66. The highest BCUT2D eigenvalue weighted by molar-refractivity contribution is 5.29. The highest BCUT2D eigenvalue weighted by atomic mass is 19.1. The molecular weight excluding hydrogens is 257 g/mol. The minimum atomic E-state index is -0.207. The fourth-order valence-corrected chi connectivity index (χ4v) is 2.41. The van der Waals surface area contributed by atoms with Gasteiger partial charge in [-0.15, -0.1) is 0 Å². The maximum atomic E-state index is 13.2. The van der Waals surface area contributed by atoms with Crippen molar-refractivity contribution in [2.24, 2.45) is 0 Å². The molecule has 3 rings (SSSR count). The molecule has 5 heteroatoms. The third-order valence-corrected chi connectivity index (χ3v) is 3.33. The number of nitrogens with zero attached hydrogens (tertiary/aromatic N) is 3. The number of halogens is 1. The Hall–Kier alpha value is -2.01. The molecule has 20 heavy (non-hydrogen) atoms. The van der Waals surface area contributed by atoms with E-state index in [1.807, 2.05) is 6.07 Å². The normalized spacial score (nSPS) is 19.1. The van der Waals surface area contributed by atoms with Gasteiger partial charge in [-0.05, 0) is 23.8 Å². The first-order valence-electron chi connectivity index (χ1n) is 6.69. The van der Waals surface area contributed by atoms with Gasteiger partial charge in [-0.1, -0.05) is 12.1 Å². The van der Waals surface area contributed by atoms with E-state index < -0.39 is 0 Å². The summed E-state index contributed by atoms with van der Waals surface area (Å²) in [4.78, 5) is 10.6. The highest BCUT2D eigenvalue weighted by Crippen LogP contribution is 2.16. The Morgan fingerprint density at radius 1 is 1.25 bits per heavy atom. The van der Waals surface area contributed by atoms with Crippen LogP contribution < -0.4 is 4.90 Å². The zero-order valence-electron chi connectivity index (χ0n) is 11.1. The standard InChI is InChI=1S/C15H16FN3O/c16-13-4-1-3-12(9-13)10-14-11-19(7-8-20-14)15-17-5-2-6-18-15/h1-6,9,14H,7-8,10-11H2/t14-/m1/s1. The first-order chi connectivity index (χ1) is 9.81. The molecule has 2 heterocycles. The van der Waals surface area contributed by atoms with Gasteiger partial charge < -0.3 is 9.64 Å². The van der Waals surface area contributed by atoms with Crippen LogP contribution in [0.15, 0.2) is 42.7 Å². The zero-order chi connectivity index (χ0) is 13.8. The van der Waals surface area contributed by atoms with Gasteiger partial charge in [-0.2, -0.15) is 0 Å². The summed E-state index contributed by atoms with van der Waals surface area (Å²) >= 11 is 0. The van der Waals surface area contributed by atoms with Gasteiger partial charge in [0.1, 0.15) is 5.82 Å². The molecule has 1 aromatic carbocycles. The summed E-state index contributed by atoms with van der Waals surface area (Å²) in [6.07, 6.45) is 4.20. The highest BCUT2D eigenvalue weighted by Gasteiger charge is 2.22. The van der Waals surface area contributed by atoms with Crippen LogP contribution in [0.3, 0.4) is 0 Å². The van der Waals surface area contributed by atoms with E-state index in [4.69, 9.17) is 4.74 Å². The van der Waals surface area contributed by atoms with Gasteiger partial charge in [-0.3, -0.25) is 0 Å². The number of anilines is 1. The van der Waals surface area contributed by atoms with Crippen LogP contribution >= 0.6 is 0 Å². The van der Waals surface area contributed by atoms with Gasteiger partial charge in [0.25, 0.3) is 0 Å². The molecule has 0 spiro atoms. The largest absolute Gasteiger partial charge is 0.374 e. The summed E-state index contributed by atoms with van der Waals surface area (Å²) in [5.41, 5.74) is 0.950. The first kappa shape index (κ1) is 13.0. The summed E-state index contributed by atoms with van der Waals surface area (Å²) in [5, 5.41) is 0. The molecule has 1 aromatic heterocycles. The van der Waals surface area contributed by atoms with Crippen molar-refractivity contribution in [3.63, 3.8) is 0 Å². The lowest BCUT2D eigenvalue weighted by molar-refractivity contribution is 0.0405. The van der Waals surface area contributed by atoms with Crippen LogP contribution in [0.1, 0.15) is 5.56 Å². The number of hydrogen-bond donors (Lipinski definition) is 0. The predicted molar refractivity (Wildman–Crippen MR) is 74.1 cm³/mol. The lowest BCUT2D eigenvalue weighted by Crippen LogP contribution is -2.44. The predicted octanol–water partition coefficient (Wildman–Crippen LogP) is 2.06. The van der Waals surface area contributed by atoms with E-state index in [1.165, 1.54) is 6.07 Å². The molecule has 0 amide bonds. The molecule has 0 saturated carbocycles. The van der Waals surface area contributed by atoms with Crippen molar-refractivity contribution in [2.45, 2.75) is 12.5 Å². The summed E-state index contributed by atoms with van der Waals surface area (Å²) in [6.45, 7) is 2.14. The Morgan fingerprint density at radius 2 is 2.10 bits per heavy atom. The Morgan fingerprint density at radius 3 is 2.90 bits per heavy atom. The van der Waals surface area contributed by atoms with Crippen LogP contribution in [-0.4, -0.2) is 35.8 Å². The molecule has 0 N–H and O–H groups in total. The number of morpholine rings is 1. The van der Waals surface area contributed by atoms with Gasteiger partial charge in [0.2, 0.25) is 5.95 Å². The number of rotatable bonds is 3. The summed E-state index contributed by atoms with van der Waals surface area (Å²) < 4.78 is 18.9. The van der Waals surface area contributed by atoms with Crippen LogP contribution in [0.5, 0.6) is 0 Å². The summed E-state index contributed by atoms with van der Waals surface area (Å²) in [5.74, 6) is 0.515. The molecule has 1 aliphatic rings. The van der Waals surface area contributed by atoms with E-state index in [1.54, 1.807) is 30.6 Å². The van der Waals surface area contributed by atoms with Crippen LogP contribution in [0.25, 0.3) is 0 Å². The Kier molecular flexibility index (Phi) is 3.87. The molecule has 0 radical (unpaired) electrons. The van der Waals surface area contributed by atoms with Crippen molar-refractivity contribution >= 4 is 5.95 Å². The minimum absolute atomic E-state index is 0.0364. The maximum absolute atomic E-state index is 13.2. The van der Waals surface area contributed by atoms with Crippen molar-refractivity contribution in [2.75, 3.05) is 24.6 Å². The van der Waals surface area contributed by atoms with Gasteiger partial charge in [0.05, 0.1) is 12.7 Å². The molecule has 0 bridgehead atoms. The van der Waals surface area contributed by atoms with E-state index in [0.29, 0.717) is 13.0 Å².